The second-order valence-corrected chi connectivity index (χ2v) is 4.03. The van der Waals surface area contributed by atoms with Gasteiger partial charge in [0.25, 0.3) is 5.91 Å². The minimum Gasteiger partial charge on any atom is -0.452 e. The SMILES string of the molecule is C=CCNC(=O)COC(=O)/C=C/c1cccs1. The first-order chi connectivity index (χ1) is 8.22. The first kappa shape index (κ1) is 13.2. The Labute approximate surface area is 104 Å². The van der Waals surface area contributed by atoms with Crippen molar-refractivity contribution in [2.24, 2.45) is 0 Å². The maximum Gasteiger partial charge on any atom is 0.331 e. The molecule has 0 aromatic carbocycles. The minimum atomic E-state index is -0.535. The molecule has 1 N–H and O–H groups in total. The smallest absolute Gasteiger partial charge is 0.331 e. The van der Waals surface area contributed by atoms with Gasteiger partial charge >= 0.3 is 5.97 Å². The number of amides is 1. The van der Waals surface area contributed by atoms with Crippen molar-refractivity contribution in [2.75, 3.05) is 13.2 Å². The van der Waals surface area contributed by atoms with Crippen LogP contribution in [-0.2, 0) is 14.3 Å². The first-order valence-electron chi connectivity index (χ1n) is 4.98. The molecule has 90 valence electrons. The van der Waals surface area contributed by atoms with Crippen LogP contribution in [0.25, 0.3) is 6.08 Å². The van der Waals surface area contributed by atoms with Gasteiger partial charge in [0.05, 0.1) is 0 Å². The van der Waals surface area contributed by atoms with Gasteiger partial charge in [0.15, 0.2) is 6.61 Å². The summed E-state index contributed by atoms with van der Waals surface area (Å²) < 4.78 is 4.73. The number of carbonyl (C=O) groups is 2. The highest BCUT2D eigenvalue weighted by molar-refractivity contribution is 7.10. The van der Waals surface area contributed by atoms with Crippen molar-refractivity contribution in [2.45, 2.75) is 0 Å². The highest BCUT2D eigenvalue weighted by Crippen LogP contribution is 2.09. The third-order valence-electron chi connectivity index (χ3n) is 1.72. The largest absolute Gasteiger partial charge is 0.452 e. The molecular weight excluding hydrogens is 238 g/mol. The Bertz CT molecular complexity index is 409. The maximum absolute atomic E-state index is 11.2. The predicted molar refractivity (Wildman–Crippen MR) is 67.5 cm³/mol. The summed E-state index contributed by atoms with van der Waals surface area (Å²) in [5, 5.41) is 4.41. The van der Waals surface area contributed by atoms with Crippen LogP contribution in [0.1, 0.15) is 4.88 Å². The standard InChI is InChI=1S/C12H13NO3S/c1-2-7-13-11(14)9-16-12(15)6-5-10-4-3-8-17-10/h2-6,8H,1,7,9H2,(H,13,14)/b6-5+. The van der Waals surface area contributed by atoms with Crippen LogP contribution in [0.4, 0.5) is 0 Å². The summed E-state index contributed by atoms with van der Waals surface area (Å²) in [6.45, 7) is 3.54. The molecule has 0 saturated carbocycles. The Morgan fingerprint density at radius 1 is 1.53 bits per heavy atom. The Balaban J connectivity index is 2.25. The van der Waals surface area contributed by atoms with Crippen LogP contribution < -0.4 is 5.32 Å². The lowest BCUT2D eigenvalue weighted by molar-refractivity contribution is -0.143. The summed E-state index contributed by atoms with van der Waals surface area (Å²) >= 11 is 1.52. The minimum absolute atomic E-state index is 0.276. The van der Waals surface area contributed by atoms with E-state index in [0.29, 0.717) is 6.54 Å². The third-order valence-corrected chi connectivity index (χ3v) is 2.55. The molecule has 1 rings (SSSR count). The normalized spacial score (nSPS) is 10.1. The molecule has 0 radical (unpaired) electrons. The van der Waals surface area contributed by atoms with Crippen molar-refractivity contribution in [3.05, 3.63) is 41.1 Å². The lowest BCUT2D eigenvalue weighted by atomic mass is 10.4. The number of hydrogen-bond donors (Lipinski definition) is 1. The average Bonchev–Trinajstić information content (AvgIpc) is 2.84. The zero-order chi connectivity index (χ0) is 12.5. The van der Waals surface area contributed by atoms with Crippen LogP contribution >= 0.6 is 11.3 Å². The van der Waals surface area contributed by atoms with Gasteiger partial charge in [-0.25, -0.2) is 4.79 Å². The fraction of sp³-hybridized carbons (Fsp3) is 0.167. The van der Waals surface area contributed by atoms with Gasteiger partial charge in [-0.05, 0) is 17.5 Å². The monoisotopic (exact) mass is 251 g/mol. The lowest BCUT2D eigenvalue weighted by Crippen LogP contribution is -2.28. The molecule has 0 aliphatic carbocycles. The van der Waals surface area contributed by atoms with E-state index in [4.69, 9.17) is 4.74 Å². The van der Waals surface area contributed by atoms with E-state index in [1.54, 1.807) is 12.2 Å². The zero-order valence-electron chi connectivity index (χ0n) is 9.22. The summed E-state index contributed by atoms with van der Waals surface area (Å²) in [6, 6.07) is 3.77. The van der Waals surface area contributed by atoms with E-state index in [2.05, 4.69) is 11.9 Å². The van der Waals surface area contributed by atoms with Gasteiger partial charge in [0.1, 0.15) is 0 Å². The molecule has 0 saturated heterocycles. The van der Waals surface area contributed by atoms with Crippen molar-refractivity contribution in [1.82, 2.24) is 5.32 Å². The van der Waals surface area contributed by atoms with Gasteiger partial charge in [-0.1, -0.05) is 12.1 Å². The molecule has 1 aromatic heterocycles. The van der Waals surface area contributed by atoms with E-state index in [0.717, 1.165) is 4.88 Å². The molecule has 0 bridgehead atoms. The number of rotatable bonds is 6. The van der Waals surface area contributed by atoms with E-state index in [1.165, 1.54) is 17.4 Å². The molecule has 17 heavy (non-hydrogen) atoms. The average molecular weight is 251 g/mol. The third kappa shape index (κ3) is 5.67. The van der Waals surface area contributed by atoms with E-state index >= 15 is 0 Å². The summed E-state index contributed by atoms with van der Waals surface area (Å²) in [5.74, 6) is -0.880. The Kier molecular flexibility index (Phi) is 5.74. The van der Waals surface area contributed by atoms with Crippen molar-refractivity contribution in [3.8, 4) is 0 Å². The van der Waals surface area contributed by atoms with Crippen LogP contribution in [0.3, 0.4) is 0 Å². The number of hydrogen-bond acceptors (Lipinski definition) is 4. The molecule has 1 aromatic rings. The number of esters is 1. The topological polar surface area (TPSA) is 55.4 Å². The van der Waals surface area contributed by atoms with E-state index in [-0.39, 0.29) is 12.5 Å². The van der Waals surface area contributed by atoms with Gasteiger partial charge in [-0.2, -0.15) is 0 Å². The van der Waals surface area contributed by atoms with Crippen molar-refractivity contribution in [3.63, 3.8) is 0 Å². The van der Waals surface area contributed by atoms with Crippen LogP contribution in [0.15, 0.2) is 36.2 Å². The maximum atomic E-state index is 11.2. The molecule has 0 aliphatic rings. The molecule has 5 heteroatoms. The summed E-state index contributed by atoms with van der Waals surface area (Å²) in [6.07, 6.45) is 4.50. The molecular formula is C12H13NO3S. The van der Waals surface area contributed by atoms with Crippen molar-refractivity contribution in [1.29, 1.82) is 0 Å². The Hall–Kier alpha value is -1.88. The van der Waals surface area contributed by atoms with Crippen LogP contribution in [0.2, 0.25) is 0 Å². The molecule has 1 heterocycles. The number of carbonyl (C=O) groups excluding carboxylic acids is 2. The number of nitrogens with one attached hydrogen (secondary N) is 1. The first-order valence-corrected chi connectivity index (χ1v) is 5.86. The van der Waals surface area contributed by atoms with Crippen LogP contribution in [0.5, 0.6) is 0 Å². The van der Waals surface area contributed by atoms with E-state index in [9.17, 15) is 9.59 Å². The highest BCUT2D eigenvalue weighted by Gasteiger charge is 2.03. The summed E-state index contributed by atoms with van der Waals surface area (Å²) in [5.41, 5.74) is 0. The second-order valence-electron chi connectivity index (χ2n) is 3.05. The van der Waals surface area contributed by atoms with Crippen LogP contribution in [-0.4, -0.2) is 25.0 Å². The lowest BCUT2D eigenvalue weighted by Gasteiger charge is -2.01. The van der Waals surface area contributed by atoms with Gasteiger partial charge in [0.2, 0.25) is 0 Å². The van der Waals surface area contributed by atoms with Gasteiger partial charge in [0, 0.05) is 17.5 Å². The zero-order valence-corrected chi connectivity index (χ0v) is 10.0. The molecule has 1 amide bonds. The van der Waals surface area contributed by atoms with Crippen LogP contribution in [0, 0.1) is 0 Å². The number of thiophene rings is 1. The summed E-state index contributed by atoms with van der Waals surface area (Å²) in [7, 11) is 0. The number of ether oxygens (including phenoxy) is 1. The van der Waals surface area contributed by atoms with Gasteiger partial charge < -0.3 is 10.1 Å². The van der Waals surface area contributed by atoms with E-state index in [1.807, 2.05) is 17.5 Å². The molecule has 0 atom stereocenters. The summed E-state index contributed by atoms with van der Waals surface area (Å²) in [4.78, 5) is 23.2. The van der Waals surface area contributed by atoms with Crippen molar-refractivity contribution < 1.29 is 14.3 Å². The second kappa shape index (κ2) is 7.40. The Morgan fingerprint density at radius 3 is 3.00 bits per heavy atom. The molecule has 0 spiro atoms. The predicted octanol–water partition coefficient (Wildman–Crippen LogP) is 1.61. The van der Waals surface area contributed by atoms with Crippen molar-refractivity contribution >= 4 is 29.3 Å². The molecule has 0 unspecified atom stereocenters. The fourth-order valence-corrected chi connectivity index (χ4v) is 1.58. The van der Waals surface area contributed by atoms with E-state index < -0.39 is 5.97 Å². The quantitative estimate of drug-likeness (QED) is 0.475. The molecule has 0 fully saturated rings. The molecule has 0 aliphatic heterocycles. The molecule has 4 nitrogen and oxygen atoms in total. The van der Waals surface area contributed by atoms with Gasteiger partial charge in [-0.3, -0.25) is 4.79 Å². The van der Waals surface area contributed by atoms with Gasteiger partial charge in [-0.15, -0.1) is 17.9 Å². The Morgan fingerprint density at radius 2 is 2.35 bits per heavy atom. The fourth-order valence-electron chi connectivity index (χ4n) is 0.958. The highest BCUT2D eigenvalue weighted by atomic mass is 32.1.